The number of amides is 1. The summed E-state index contributed by atoms with van der Waals surface area (Å²) in [6, 6.07) is 12.9. The second-order valence-corrected chi connectivity index (χ2v) is 6.26. The van der Waals surface area contributed by atoms with Crippen LogP contribution in [-0.2, 0) is 13.2 Å². The number of aliphatic hydroxyl groups excluding tert-OH is 1. The van der Waals surface area contributed by atoms with Gasteiger partial charge in [-0.3, -0.25) is 9.78 Å². The molecule has 7 heteroatoms. The van der Waals surface area contributed by atoms with E-state index in [9.17, 15) is 9.90 Å². The molecule has 0 unspecified atom stereocenters. The zero-order valence-electron chi connectivity index (χ0n) is 14.4. The Hall–Kier alpha value is -3.06. The summed E-state index contributed by atoms with van der Waals surface area (Å²) in [5.41, 5.74) is 1.96. The van der Waals surface area contributed by atoms with Crippen molar-refractivity contribution in [3.63, 3.8) is 0 Å². The zero-order chi connectivity index (χ0) is 18.1. The van der Waals surface area contributed by atoms with Gasteiger partial charge in [-0.2, -0.15) is 5.10 Å². The lowest BCUT2D eigenvalue weighted by molar-refractivity contribution is 0.0624. The molecule has 1 aromatic carbocycles. The van der Waals surface area contributed by atoms with Gasteiger partial charge in [0.25, 0.3) is 5.91 Å². The van der Waals surface area contributed by atoms with E-state index in [0.29, 0.717) is 30.2 Å². The summed E-state index contributed by atoms with van der Waals surface area (Å²) in [4.78, 5) is 23.5. The van der Waals surface area contributed by atoms with Gasteiger partial charge in [0.2, 0.25) is 0 Å². The molecule has 1 aliphatic rings. The molecule has 1 atom stereocenters. The van der Waals surface area contributed by atoms with Gasteiger partial charge in [0.15, 0.2) is 5.82 Å². The second-order valence-electron chi connectivity index (χ2n) is 6.26. The fraction of sp³-hybridized carbons (Fsp3) is 0.263. The number of fused-ring (bicyclic) bond motifs is 1. The molecule has 0 radical (unpaired) electrons. The van der Waals surface area contributed by atoms with Crippen LogP contribution in [0.4, 0.5) is 0 Å². The molecule has 4 rings (SSSR count). The Kier molecular flexibility index (Phi) is 4.22. The molecule has 0 bridgehead atoms. The largest absolute Gasteiger partial charge is 0.392 e. The van der Waals surface area contributed by atoms with E-state index in [1.165, 1.54) is 0 Å². The topological polar surface area (TPSA) is 84.1 Å². The Bertz CT molecular complexity index is 938. The third-order valence-electron chi connectivity index (χ3n) is 4.61. The van der Waals surface area contributed by atoms with Crippen LogP contribution >= 0.6 is 0 Å². The average molecular weight is 349 g/mol. The summed E-state index contributed by atoms with van der Waals surface area (Å²) in [5.74, 6) is 1.27. The van der Waals surface area contributed by atoms with Gasteiger partial charge < -0.3 is 10.0 Å². The van der Waals surface area contributed by atoms with Gasteiger partial charge in [0.05, 0.1) is 19.2 Å². The summed E-state index contributed by atoms with van der Waals surface area (Å²) < 4.78 is 1.87. The first-order valence-corrected chi connectivity index (χ1v) is 8.54. The number of nitrogens with zero attached hydrogens (tertiary/aromatic N) is 5. The maximum atomic E-state index is 12.9. The molecule has 1 aliphatic heterocycles. The van der Waals surface area contributed by atoms with Crippen molar-refractivity contribution in [1.82, 2.24) is 24.6 Å². The summed E-state index contributed by atoms with van der Waals surface area (Å²) in [7, 11) is 0. The zero-order valence-corrected chi connectivity index (χ0v) is 14.4. The van der Waals surface area contributed by atoms with Crippen molar-refractivity contribution in [3.8, 4) is 11.4 Å². The monoisotopic (exact) mass is 349 g/mol. The van der Waals surface area contributed by atoms with E-state index in [-0.39, 0.29) is 18.6 Å². The van der Waals surface area contributed by atoms with Crippen LogP contribution < -0.4 is 0 Å². The van der Waals surface area contributed by atoms with Gasteiger partial charge >= 0.3 is 0 Å². The van der Waals surface area contributed by atoms with Gasteiger partial charge in [0, 0.05) is 18.3 Å². The highest BCUT2D eigenvalue weighted by Crippen LogP contribution is 2.27. The van der Waals surface area contributed by atoms with Gasteiger partial charge in [-0.05, 0) is 24.6 Å². The van der Waals surface area contributed by atoms with Crippen LogP contribution in [0.3, 0.4) is 0 Å². The van der Waals surface area contributed by atoms with Crippen molar-refractivity contribution in [1.29, 1.82) is 0 Å². The van der Waals surface area contributed by atoms with Crippen molar-refractivity contribution in [2.45, 2.75) is 26.1 Å². The Morgan fingerprint density at radius 1 is 1.23 bits per heavy atom. The second kappa shape index (κ2) is 6.68. The van der Waals surface area contributed by atoms with Gasteiger partial charge in [-0.25, -0.2) is 9.67 Å². The van der Waals surface area contributed by atoms with Crippen molar-refractivity contribution >= 4 is 5.91 Å². The Morgan fingerprint density at radius 3 is 2.81 bits per heavy atom. The van der Waals surface area contributed by atoms with E-state index in [1.54, 1.807) is 23.2 Å². The third kappa shape index (κ3) is 2.86. The Labute approximate surface area is 150 Å². The number of hydrogen-bond donors (Lipinski definition) is 1. The molecule has 1 amide bonds. The minimum Gasteiger partial charge on any atom is -0.392 e. The standard InChI is InChI=1S/C19H19N5O2/c1-13-18-21-17(15-5-3-2-4-6-15)22-24(18)10-9-23(13)19(26)16-11-14(12-25)7-8-20-16/h2-8,11,13,25H,9-10,12H2,1H3/t13-/m0/s1. The number of carbonyl (C=O) groups excluding carboxylic acids is 1. The van der Waals surface area contributed by atoms with Gasteiger partial charge in [-0.15, -0.1) is 0 Å². The molecule has 132 valence electrons. The highest BCUT2D eigenvalue weighted by atomic mass is 16.3. The van der Waals surface area contributed by atoms with E-state index in [0.717, 1.165) is 11.4 Å². The lowest BCUT2D eigenvalue weighted by atomic mass is 10.1. The fourth-order valence-corrected chi connectivity index (χ4v) is 3.19. The molecule has 7 nitrogen and oxygen atoms in total. The summed E-state index contributed by atoms with van der Waals surface area (Å²) >= 11 is 0. The average Bonchev–Trinajstić information content (AvgIpc) is 3.14. The minimum absolute atomic E-state index is 0.118. The molecular weight excluding hydrogens is 330 g/mol. The van der Waals surface area contributed by atoms with Crippen molar-refractivity contribution in [3.05, 3.63) is 65.7 Å². The van der Waals surface area contributed by atoms with Crippen molar-refractivity contribution < 1.29 is 9.90 Å². The third-order valence-corrected chi connectivity index (χ3v) is 4.61. The van der Waals surface area contributed by atoms with Crippen LogP contribution in [0.5, 0.6) is 0 Å². The smallest absolute Gasteiger partial charge is 0.273 e. The predicted octanol–water partition coefficient (Wildman–Crippen LogP) is 2.05. The van der Waals surface area contributed by atoms with Gasteiger partial charge in [0.1, 0.15) is 11.5 Å². The maximum Gasteiger partial charge on any atom is 0.273 e. The molecular formula is C19H19N5O2. The SMILES string of the molecule is C[C@H]1c2nc(-c3ccccc3)nn2CCN1C(=O)c1cc(CO)ccn1. The van der Waals surface area contributed by atoms with Gasteiger partial charge in [-0.1, -0.05) is 30.3 Å². The molecule has 1 N–H and O–H groups in total. The molecule has 0 saturated heterocycles. The lowest BCUT2D eigenvalue weighted by Crippen LogP contribution is -2.41. The summed E-state index contributed by atoms with van der Waals surface area (Å²) in [6.07, 6.45) is 1.55. The van der Waals surface area contributed by atoms with E-state index in [1.807, 2.05) is 41.9 Å². The molecule has 0 aliphatic carbocycles. The number of hydrogen-bond acceptors (Lipinski definition) is 5. The van der Waals surface area contributed by atoms with E-state index in [2.05, 4.69) is 15.1 Å². The van der Waals surface area contributed by atoms with Crippen LogP contribution in [-0.4, -0.2) is 42.2 Å². The number of pyridine rings is 1. The summed E-state index contributed by atoms with van der Waals surface area (Å²) in [6.45, 7) is 2.95. The minimum atomic E-state index is -0.208. The van der Waals surface area contributed by atoms with Crippen LogP contribution in [0.25, 0.3) is 11.4 Å². The molecule has 0 fully saturated rings. The van der Waals surface area contributed by atoms with Crippen LogP contribution in [0.1, 0.15) is 34.8 Å². The number of carbonyl (C=O) groups is 1. The molecule has 0 spiro atoms. The Balaban J connectivity index is 1.62. The van der Waals surface area contributed by atoms with Crippen LogP contribution in [0, 0.1) is 0 Å². The molecule has 2 aromatic heterocycles. The summed E-state index contributed by atoms with van der Waals surface area (Å²) in [5, 5.41) is 13.9. The fourth-order valence-electron chi connectivity index (χ4n) is 3.19. The van der Waals surface area contributed by atoms with Crippen molar-refractivity contribution in [2.24, 2.45) is 0 Å². The van der Waals surface area contributed by atoms with E-state index in [4.69, 9.17) is 0 Å². The number of aromatic nitrogens is 4. The Morgan fingerprint density at radius 2 is 2.04 bits per heavy atom. The molecule has 3 heterocycles. The molecule has 0 saturated carbocycles. The van der Waals surface area contributed by atoms with E-state index >= 15 is 0 Å². The number of rotatable bonds is 3. The first-order valence-electron chi connectivity index (χ1n) is 8.54. The van der Waals surface area contributed by atoms with E-state index < -0.39 is 0 Å². The van der Waals surface area contributed by atoms with Crippen LogP contribution in [0.2, 0.25) is 0 Å². The normalized spacial score (nSPS) is 16.4. The van der Waals surface area contributed by atoms with Crippen molar-refractivity contribution in [2.75, 3.05) is 6.54 Å². The first-order chi connectivity index (χ1) is 12.7. The highest BCUT2D eigenvalue weighted by Gasteiger charge is 2.31. The maximum absolute atomic E-state index is 12.9. The molecule has 26 heavy (non-hydrogen) atoms. The number of aliphatic hydroxyl groups is 1. The molecule has 3 aromatic rings. The quantitative estimate of drug-likeness (QED) is 0.782. The number of benzene rings is 1. The highest BCUT2D eigenvalue weighted by molar-refractivity contribution is 5.92. The van der Waals surface area contributed by atoms with Crippen LogP contribution in [0.15, 0.2) is 48.7 Å². The first kappa shape index (κ1) is 16.4. The lowest BCUT2D eigenvalue weighted by Gasteiger charge is -2.32. The predicted molar refractivity (Wildman–Crippen MR) is 95.1 cm³/mol.